The Morgan fingerprint density at radius 3 is 2.02 bits per heavy atom. The molecule has 5 rings (SSSR count). The van der Waals surface area contributed by atoms with E-state index in [-0.39, 0.29) is 17.3 Å². The summed E-state index contributed by atoms with van der Waals surface area (Å²) in [5, 5.41) is 0. The van der Waals surface area contributed by atoms with Gasteiger partial charge in [-0.25, -0.2) is 8.42 Å². The van der Waals surface area contributed by atoms with Gasteiger partial charge in [0.2, 0.25) is 16.1 Å². The van der Waals surface area contributed by atoms with E-state index in [4.69, 9.17) is 18.9 Å². The van der Waals surface area contributed by atoms with Gasteiger partial charge in [0.05, 0.1) is 31.9 Å². The maximum atomic E-state index is 13.9. The molecule has 1 saturated heterocycles. The van der Waals surface area contributed by atoms with Gasteiger partial charge in [0.15, 0.2) is 11.5 Å². The summed E-state index contributed by atoms with van der Waals surface area (Å²) in [6.07, 6.45) is -0.482. The van der Waals surface area contributed by atoms with Crippen LogP contribution in [0.25, 0.3) is 0 Å². The van der Waals surface area contributed by atoms with Crippen molar-refractivity contribution in [2.45, 2.75) is 30.9 Å². The van der Waals surface area contributed by atoms with Crippen molar-refractivity contribution in [3.8, 4) is 17.2 Å². The smallest absolute Gasteiger partial charge is 0.303 e. The Bertz CT molecular complexity index is 1620. The third-order valence-electron chi connectivity index (χ3n) is 8.01. The van der Waals surface area contributed by atoms with Crippen molar-refractivity contribution in [3.63, 3.8) is 0 Å². The zero-order valence-corrected chi connectivity index (χ0v) is 26.1. The number of hydrogen-bond acceptors (Lipinski definition) is 9. The largest absolute Gasteiger partial charge is 0.495 e. The number of hydrogen-bond donors (Lipinski definition) is 0. The van der Waals surface area contributed by atoms with Crippen LogP contribution in [0.1, 0.15) is 29.7 Å². The van der Waals surface area contributed by atoms with Gasteiger partial charge in [-0.3, -0.25) is 9.59 Å². The Kier molecular flexibility index (Phi) is 9.31. The fourth-order valence-corrected chi connectivity index (χ4v) is 7.12. The molecule has 234 valence electrons. The Morgan fingerprint density at radius 2 is 1.41 bits per heavy atom. The minimum Gasteiger partial charge on any atom is -0.495 e. The van der Waals surface area contributed by atoms with Gasteiger partial charge in [-0.15, -0.1) is 0 Å². The average molecular weight is 624 g/mol. The Balaban J connectivity index is 1.33. The minimum atomic E-state index is -3.84. The molecule has 44 heavy (non-hydrogen) atoms. The Hall–Kier alpha value is -4.29. The van der Waals surface area contributed by atoms with Crippen LogP contribution >= 0.6 is 0 Å². The highest BCUT2D eigenvalue weighted by molar-refractivity contribution is 7.89. The van der Waals surface area contributed by atoms with E-state index in [0.717, 1.165) is 11.1 Å². The second-order valence-electron chi connectivity index (χ2n) is 10.6. The molecule has 2 heterocycles. The molecular weight excluding hydrogens is 586 g/mol. The van der Waals surface area contributed by atoms with Crippen molar-refractivity contribution < 1.29 is 37.0 Å². The lowest BCUT2D eigenvalue weighted by Crippen LogP contribution is -2.50. The number of ether oxygens (including phenoxy) is 4. The molecule has 0 aromatic heterocycles. The van der Waals surface area contributed by atoms with Crippen molar-refractivity contribution in [2.75, 3.05) is 59.0 Å². The summed E-state index contributed by atoms with van der Waals surface area (Å²) in [6, 6.07) is 17.5. The van der Waals surface area contributed by atoms with Crippen LogP contribution in [-0.2, 0) is 37.3 Å². The van der Waals surface area contributed by atoms with Crippen LogP contribution in [0.2, 0.25) is 0 Å². The van der Waals surface area contributed by atoms with E-state index in [0.29, 0.717) is 67.6 Å². The first kappa shape index (κ1) is 31.1. The van der Waals surface area contributed by atoms with Crippen LogP contribution in [0.3, 0.4) is 0 Å². The van der Waals surface area contributed by atoms with Gasteiger partial charge in [-0.1, -0.05) is 30.3 Å². The summed E-state index contributed by atoms with van der Waals surface area (Å²) in [5.41, 5.74) is 3.13. The molecule has 3 aromatic carbocycles. The highest BCUT2D eigenvalue weighted by Crippen LogP contribution is 2.37. The Morgan fingerprint density at radius 1 is 0.773 bits per heavy atom. The summed E-state index contributed by atoms with van der Waals surface area (Å²) >= 11 is 0. The fourth-order valence-electron chi connectivity index (χ4n) is 5.68. The quantitative estimate of drug-likeness (QED) is 0.331. The Labute approximate surface area is 257 Å². The standard InChI is InChI=1S/C32H37N3O8S/c1-22(36)43-31(23-8-6-5-7-9-23)32(37)34-16-14-33(15-17-34)27-20-26(10-11-28(27)40-2)44(38,39)35-13-12-24-18-29(41-3)30(42-4)19-25(24)21-35/h5-11,18-20,31H,12-17,21H2,1-4H3/t31-/m0/s1. The number of nitrogens with zero attached hydrogens (tertiary/aromatic N) is 3. The van der Waals surface area contributed by atoms with E-state index in [1.807, 2.05) is 23.1 Å². The number of carbonyl (C=O) groups excluding carboxylic acids is 2. The molecule has 0 aliphatic carbocycles. The number of piperazine rings is 1. The van der Waals surface area contributed by atoms with Crippen LogP contribution < -0.4 is 19.1 Å². The minimum absolute atomic E-state index is 0.162. The highest BCUT2D eigenvalue weighted by atomic mass is 32.2. The summed E-state index contributed by atoms with van der Waals surface area (Å²) in [4.78, 5) is 29.1. The topological polar surface area (TPSA) is 115 Å². The van der Waals surface area contributed by atoms with Crippen molar-refractivity contribution >= 4 is 27.6 Å². The molecular formula is C32H37N3O8S. The lowest BCUT2D eigenvalue weighted by Gasteiger charge is -2.38. The predicted molar refractivity (Wildman–Crippen MR) is 164 cm³/mol. The number of benzene rings is 3. The van der Waals surface area contributed by atoms with E-state index < -0.39 is 22.1 Å². The number of anilines is 1. The first-order valence-corrected chi connectivity index (χ1v) is 15.8. The summed E-state index contributed by atoms with van der Waals surface area (Å²) in [7, 11) is 0.833. The van der Waals surface area contributed by atoms with Crippen LogP contribution in [0.5, 0.6) is 17.2 Å². The first-order chi connectivity index (χ1) is 21.2. The third-order valence-corrected chi connectivity index (χ3v) is 9.85. The molecule has 12 heteroatoms. The van der Waals surface area contributed by atoms with Crippen LogP contribution in [0, 0.1) is 0 Å². The highest BCUT2D eigenvalue weighted by Gasteiger charge is 2.33. The molecule has 1 amide bonds. The molecule has 2 aliphatic rings. The fraction of sp³-hybridized carbons (Fsp3) is 0.375. The van der Waals surface area contributed by atoms with Gasteiger partial charge in [0.25, 0.3) is 5.91 Å². The third kappa shape index (κ3) is 6.31. The molecule has 0 spiro atoms. The molecule has 11 nitrogen and oxygen atoms in total. The zero-order chi connectivity index (χ0) is 31.4. The maximum Gasteiger partial charge on any atom is 0.303 e. The van der Waals surface area contributed by atoms with E-state index in [2.05, 4.69) is 0 Å². The SMILES string of the molecule is COc1cc2c(cc1OC)CN(S(=O)(=O)c1ccc(OC)c(N3CCN(C(=O)[C@@H](OC(C)=O)c4ccccc4)CC3)c1)CC2. The number of sulfonamides is 1. The van der Waals surface area contributed by atoms with Gasteiger partial charge in [0, 0.05) is 51.8 Å². The summed E-state index contributed by atoms with van der Waals surface area (Å²) in [5.74, 6) is 0.870. The van der Waals surface area contributed by atoms with Crippen LogP contribution in [0.15, 0.2) is 65.6 Å². The van der Waals surface area contributed by atoms with Gasteiger partial charge >= 0.3 is 5.97 Å². The van der Waals surface area contributed by atoms with Crippen molar-refractivity contribution in [1.29, 1.82) is 0 Å². The van der Waals surface area contributed by atoms with Crippen molar-refractivity contribution in [1.82, 2.24) is 9.21 Å². The van der Waals surface area contributed by atoms with Gasteiger partial charge in [-0.2, -0.15) is 4.31 Å². The van der Waals surface area contributed by atoms with E-state index >= 15 is 0 Å². The van der Waals surface area contributed by atoms with Gasteiger partial charge in [-0.05, 0) is 47.9 Å². The average Bonchev–Trinajstić information content (AvgIpc) is 3.05. The lowest BCUT2D eigenvalue weighted by molar-refractivity contribution is -0.159. The van der Waals surface area contributed by atoms with E-state index in [9.17, 15) is 18.0 Å². The maximum absolute atomic E-state index is 13.9. The first-order valence-electron chi connectivity index (χ1n) is 14.3. The molecule has 3 aromatic rings. The van der Waals surface area contributed by atoms with Crippen molar-refractivity contribution in [3.05, 3.63) is 77.4 Å². The molecule has 1 fully saturated rings. The monoisotopic (exact) mass is 623 g/mol. The molecule has 0 unspecified atom stereocenters. The number of esters is 1. The number of carbonyl (C=O) groups is 2. The van der Waals surface area contributed by atoms with E-state index in [1.165, 1.54) is 11.2 Å². The van der Waals surface area contributed by atoms with Gasteiger partial charge in [0.1, 0.15) is 5.75 Å². The number of rotatable bonds is 9. The number of methoxy groups -OCH3 is 3. The summed E-state index contributed by atoms with van der Waals surface area (Å²) < 4.78 is 51.1. The molecule has 0 radical (unpaired) electrons. The summed E-state index contributed by atoms with van der Waals surface area (Å²) in [6.45, 7) is 3.42. The molecule has 2 aliphatic heterocycles. The van der Waals surface area contributed by atoms with Crippen LogP contribution in [-0.4, -0.2) is 83.6 Å². The molecule has 0 N–H and O–H groups in total. The van der Waals surface area contributed by atoms with Crippen molar-refractivity contribution in [2.24, 2.45) is 0 Å². The molecule has 0 bridgehead atoms. The number of amides is 1. The predicted octanol–water partition coefficient (Wildman–Crippen LogP) is 3.41. The second-order valence-corrected chi connectivity index (χ2v) is 12.5. The second kappa shape index (κ2) is 13.1. The lowest BCUT2D eigenvalue weighted by atomic mass is 10.0. The zero-order valence-electron chi connectivity index (χ0n) is 25.3. The normalized spacial score (nSPS) is 16.1. The van der Waals surface area contributed by atoms with Gasteiger partial charge < -0.3 is 28.7 Å². The van der Waals surface area contributed by atoms with E-state index in [1.54, 1.807) is 68.7 Å². The molecule has 1 atom stereocenters. The number of fused-ring (bicyclic) bond motifs is 1. The molecule has 0 saturated carbocycles. The van der Waals surface area contributed by atoms with Crippen LogP contribution in [0.4, 0.5) is 5.69 Å².